The predicted molar refractivity (Wildman–Crippen MR) is 69.0 cm³/mol. The number of aromatic nitrogens is 2. The van der Waals surface area contributed by atoms with E-state index in [9.17, 15) is 9.59 Å². The molecule has 0 aromatic carbocycles. The minimum absolute atomic E-state index is 0.113. The first-order chi connectivity index (χ1) is 9.00. The molecule has 0 bridgehead atoms. The van der Waals surface area contributed by atoms with Gasteiger partial charge in [-0.15, -0.1) is 0 Å². The first kappa shape index (κ1) is 13.5. The quantitative estimate of drug-likeness (QED) is 0.774. The molecule has 1 aromatic rings. The summed E-state index contributed by atoms with van der Waals surface area (Å²) in [6.45, 7) is 2.06. The van der Waals surface area contributed by atoms with E-state index < -0.39 is 5.54 Å². The van der Waals surface area contributed by atoms with Crippen molar-refractivity contribution in [1.29, 1.82) is 0 Å². The molecule has 6 heteroatoms. The van der Waals surface area contributed by atoms with Crippen LogP contribution in [0.25, 0.3) is 0 Å². The molecule has 19 heavy (non-hydrogen) atoms. The third-order valence-corrected chi connectivity index (χ3v) is 3.51. The molecular formula is C13H18N4O2. The SMILES string of the molecule is CC(=O)N1CCCC1(C(=O)N(C)C)c1cnccn1. The molecule has 1 saturated heterocycles. The first-order valence-corrected chi connectivity index (χ1v) is 6.26. The number of hydrogen-bond acceptors (Lipinski definition) is 4. The Hall–Kier alpha value is -1.98. The number of hydrogen-bond donors (Lipinski definition) is 0. The zero-order chi connectivity index (χ0) is 14.0. The summed E-state index contributed by atoms with van der Waals surface area (Å²) in [5.74, 6) is -0.237. The van der Waals surface area contributed by atoms with Gasteiger partial charge in [0.05, 0.1) is 11.9 Å². The number of likely N-dealkylation sites (N-methyl/N-ethyl adjacent to an activating group) is 1. The second-order valence-electron chi connectivity index (χ2n) is 4.92. The van der Waals surface area contributed by atoms with E-state index in [0.717, 1.165) is 6.42 Å². The molecule has 2 heterocycles. The minimum atomic E-state index is -0.996. The average molecular weight is 262 g/mol. The smallest absolute Gasteiger partial charge is 0.254 e. The molecule has 1 unspecified atom stereocenters. The molecule has 0 radical (unpaired) electrons. The standard InChI is InChI=1S/C13H18N4O2/c1-10(18)17-8-4-5-13(17,12(19)16(2)3)11-9-14-6-7-15-11/h6-7,9H,4-5,8H2,1-3H3. The van der Waals surface area contributed by atoms with Crippen molar-refractivity contribution in [1.82, 2.24) is 19.8 Å². The molecule has 1 aliphatic rings. The van der Waals surface area contributed by atoms with E-state index in [2.05, 4.69) is 9.97 Å². The van der Waals surface area contributed by atoms with Crippen molar-refractivity contribution < 1.29 is 9.59 Å². The zero-order valence-corrected chi connectivity index (χ0v) is 11.5. The van der Waals surface area contributed by atoms with Gasteiger partial charge in [-0.3, -0.25) is 19.6 Å². The third-order valence-electron chi connectivity index (χ3n) is 3.51. The highest BCUT2D eigenvalue weighted by Crippen LogP contribution is 2.39. The molecule has 0 spiro atoms. The Bertz CT molecular complexity index is 489. The van der Waals surface area contributed by atoms with Gasteiger partial charge in [0.1, 0.15) is 0 Å². The van der Waals surface area contributed by atoms with Crippen molar-refractivity contribution in [2.24, 2.45) is 0 Å². The van der Waals surface area contributed by atoms with E-state index in [0.29, 0.717) is 18.7 Å². The summed E-state index contributed by atoms with van der Waals surface area (Å²) in [5, 5.41) is 0. The van der Waals surface area contributed by atoms with Crippen LogP contribution in [0.15, 0.2) is 18.6 Å². The zero-order valence-electron chi connectivity index (χ0n) is 11.5. The third kappa shape index (κ3) is 2.07. The van der Waals surface area contributed by atoms with Crippen molar-refractivity contribution in [3.05, 3.63) is 24.3 Å². The van der Waals surface area contributed by atoms with Gasteiger partial charge in [0.15, 0.2) is 5.54 Å². The van der Waals surface area contributed by atoms with Gasteiger partial charge in [-0.25, -0.2) is 0 Å². The van der Waals surface area contributed by atoms with E-state index in [-0.39, 0.29) is 11.8 Å². The number of carbonyl (C=O) groups is 2. The fourth-order valence-corrected chi connectivity index (χ4v) is 2.73. The number of carbonyl (C=O) groups excluding carboxylic acids is 2. The Morgan fingerprint density at radius 1 is 1.37 bits per heavy atom. The van der Waals surface area contributed by atoms with E-state index in [1.165, 1.54) is 11.8 Å². The molecule has 2 amide bonds. The number of likely N-dealkylation sites (tertiary alicyclic amines) is 1. The molecule has 6 nitrogen and oxygen atoms in total. The maximum absolute atomic E-state index is 12.6. The van der Waals surface area contributed by atoms with Crippen LogP contribution in [0.1, 0.15) is 25.5 Å². The van der Waals surface area contributed by atoms with Crippen molar-refractivity contribution in [2.45, 2.75) is 25.3 Å². The number of rotatable bonds is 2. The lowest BCUT2D eigenvalue weighted by Crippen LogP contribution is -2.54. The van der Waals surface area contributed by atoms with Crippen LogP contribution in [0.4, 0.5) is 0 Å². The van der Waals surface area contributed by atoms with E-state index >= 15 is 0 Å². The molecule has 1 fully saturated rings. The molecule has 0 saturated carbocycles. The summed E-state index contributed by atoms with van der Waals surface area (Å²) in [6, 6.07) is 0. The summed E-state index contributed by atoms with van der Waals surface area (Å²) in [7, 11) is 3.38. The second kappa shape index (κ2) is 4.95. The van der Waals surface area contributed by atoms with Crippen LogP contribution in [0.5, 0.6) is 0 Å². The van der Waals surface area contributed by atoms with Crippen LogP contribution in [0, 0.1) is 0 Å². The van der Waals surface area contributed by atoms with Gasteiger partial charge in [-0.1, -0.05) is 0 Å². The topological polar surface area (TPSA) is 66.4 Å². The van der Waals surface area contributed by atoms with E-state index in [1.54, 1.807) is 37.6 Å². The molecule has 1 aromatic heterocycles. The fraction of sp³-hybridized carbons (Fsp3) is 0.538. The highest BCUT2D eigenvalue weighted by molar-refractivity contribution is 5.92. The van der Waals surface area contributed by atoms with Gasteiger partial charge < -0.3 is 9.80 Å². The Balaban J connectivity index is 2.57. The summed E-state index contributed by atoms with van der Waals surface area (Å²) >= 11 is 0. The van der Waals surface area contributed by atoms with Crippen LogP contribution in [-0.4, -0.2) is 52.2 Å². The predicted octanol–water partition coefficient (Wildman–Crippen LogP) is 0.402. The molecule has 1 aliphatic heterocycles. The summed E-state index contributed by atoms with van der Waals surface area (Å²) in [6.07, 6.45) is 6.06. The van der Waals surface area contributed by atoms with Crippen LogP contribution in [0.3, 0.4) is 0 Å². The lowest BCUT2D eigenvalue weighted by atomic mass is 9.90. The van der Waals surface area contributed by atoms with E-state index in [1.807, 2.05) is 0 Å². The minimum Gasteiger partial charge on any atom is -0.346 e. The maximum atomic E-state index is 12.6. The van der Waals surface area contributed by atoms with Crippen molar-refractivity contribution >= 4 is 11.8 Å². The van der Waals surface area contributed by atoms with Gasteiger partial charge in [0.2, 0.25) is 5.91 Å². The van der Waals surface area contributed by atoms with Crippen LogP contribution < -0.4 is 0 Å². The normalized spacial score (nSPS) is 22.4. The van der Waals surface area contributed by atoms with Gasteiger partial charge in [-0.05, 0) is 12.8 Å². The van der Waals surface area contributed by atoms with Gasteiger partial charge >= 0.3 is 0 Å². The molecule has 2 rings (SSSR count). The average Bonchev–Trinajstić information content (AvgIpc) is 2.84. The summed E-state index contributed by atoms with van der Waals surface area (Å²) in [4.78, 5) is 35.9. The Labute approximate surface area is 112 Å². The lowest BCUT2D eigenvalue weighted by Gasteiger charge is -2.37. The largest absolute Gasteiger partial charge is 0.346 e. The van der Waals surface area contributed by atoms with Gasteiger partial charge in [0.25, 0.3) is 5.91 Å². The molecular weight excluding hydrogens is 244 g/mol. The molecule has 1 atom stereocenters. The summed E-state index contributed by atoms with van der Waals surface area (Å²) in [5.41, 5.74) is -0.453. The second-order valence-corrected chi connectivity index (χ2v) is 4.92. The van der Waals surface area contributed by atoms with Crippen molar-refractivity contribution in [3.63, 3.8) is 0 Å². The first-order valence-electron chi connectivity index (χ1n) is 6.26. The monoisotopic (exact) mass is 262 g/mol. The fourth-order valence-electron chi connectivity index (χ4n) is 2.73. The molecule has 0 aliphatic carbocycles. The van der Waals surface area contributed by atoms with Crippen LogP contribution in [-0.2, 0) is 15.1 Å². The Morgan fingerprint density at radius 2 is 2.11 bits per heavy atom. The van der Waals surface area contributed by atoms with Crippen LogP contribution >= 0.6 is 0 Å². The Morgan fingerprint density at radius 3 is 2.63 bits per heavy atom. The number of nitrogens with zero attached hydrogens (tertiary/aromatic N) is 4. The lowest BCUT2D eigenvalue weighted by molar-refractivity contribution is -0.149. The maximum Gasteiger partial charge on any atom is 0.254 e. The van der Waals surface area contributed by atoms with Crippen molar-refractivity contribution in [2.75, 3.05) is 20.6 Å². The van der Waals surface area contributed by atoms with Gasteiger partial charge in [-0.2, -0.15) is 0 Å². The molecule has 0 N–H and O–H groups in total. The number of amides is 2. The summed E-state index contributed by atoms with van der Waals surface area (Å²) < 4.78 is 0. The van der Waals surface area contributed by atoms with E-state index in [4.69, 9.17) is 0 Å². The Kier molecular flexibility index (Phi) is 3.50. The van der Waals surface area contributed by atoms with Gasteiger partial charge in [0, 0.05) is 40.0 Å². The molecule has 102 valence electrons. The van der Waals surface area contributed by atoms with Crippen LogP contribution in [0.2, 0.25) is 0 Å². The van der Waals surface area contributed by atoms with Crippen molar-refractivity contribution in [3.8, 4) is 0 Å². The highest BCUT2D eigenvalue weighted by atomic mass is 16.2. The highest BCUT2D eigenvalue weighted by Gasteiger charge is 2.52.